The number of carbonyl (C=O) groups is 1. The molecule has 1 aromatic carbocycles. The summed E-state index contributed by atoms with van der Waals surface area (Å²) in [7, 11) is 0. The molecule has 2 aromatic rings. The zero-order chi connectivity index (χ0) is 20.1. The number of nitrogens with zero attached hydrogens (tertiary/aromatic N) is 1. The van der Waals surface area contributed by atoms with Gasteiger partial charge >= 0.3 is 6.09 Å². The molecule has 1 saturated heterocycles. The van der Waals surface area contributed by atoms with E-state index < -0.39 is 17.9 Å². The van der Waals surface area contributed by atoms with Crippen LogP contribution in [-0.2, 0) is 4.74 Å². The van der Waals surface area contributed by atoms with E-state index in [0.29, 0.717) is 25.1 Å². The van der Waals surface area contributed by atoms with Gasteiger partial charge in [0.1, 0.15) is 11.2 Å². The van der Waals surface area contributed by atoms with Crippen molar-refractivity contribution in [1.29, 1.82) is 0 Å². The average Bonchev–Trinajstić information content (AvgIpc) is 2.97. The van der Waals surface area contributed by atoms with Gasteiger partial charge in [-0.15, -0.1) is 0 Å². The maximum atomic E-state index is 13.8. The maximum absolute atomic E-state index is 13.8. The predicted octanol–water partition coefficient (Wildman–Crippen LogP) is 5.82. The Morgan fingerprint density at radius 1 is 1.29 bits per heavy atom. The highest BCUT2D eigenvalue weighted by Gasteiger charge is 2.54. The third-order valence-corrected chi connectivity index (χ3v) is 5.94. The van der Waals surface area contributed by atoms with Crippen molar-refractivity contribution in [3.05, 3.63) is 36.1 Å². The summed E-state index contributed by atoms with van der Waals surface area (Å²) >= 11 is 0. The second-order valence-corrected chi connectivity index (χ2v) is 9.51. The number of likely N-dealkylation sites (tertiary alicyclic amines) is 1. The minimum absolute atomic E-state index is 0.114. The molecule has 4 nitrogen and oxygen atoms in total. The van der Waals surface area contributed by atoms with Gasteiger partial charge in [0.05, 0.1) is 6.26 Å². The van der Waals surface area contributed by atoms with E-state index in [1.807, 2.05) is 26.8 Å². The fourth-order valence-electron chi connectivity index (χ4n) is 4.77. The molecule has 1 saturated carbocycles. The Morgan fingerprint density at radius 2 is 2.00 bits per heavy atom. The van der Waals surface area contributed by atoms with Crippen LogP contribution in [0.15, 0.2) is 34.9 Å². The summed E-state index contributed by atoms with van der Waals surface area (Å²) in [4.78, 5) is 13.8. The zero-order valence-corrected chi connectivity index (χ0v) is 16.6. The zero-order valence-electron chi connectivity index (χ0n) is 16.6. The van der Waals surface area contributed by atoms with Crippen molar-refractivity contribution in [3.8, 4) is 0 Å². The lowest BCUT2D eigenvalue weighted by atomic mass is 9.56. The Labute approximate surface area is 163 Å². The van der Waals surface area contributed by atoms with Crippen LogP contribution < -0.4 is 0 Å². The number of fused-ring (bicyclic) bond motifs is 1. The van der Waals surface area contributed by atoms with Gasteiger partial charge in [0, 0.05) is 29.8 Å². The van der Waals surface area contributed by atoms with Crippen molar-refractivity contribution in [3.63, 3.8) is 0 Å². The molecule has 2 heterocycles. The van der Waals surface area contributed by atoms with Crippen LogP contribution in [0.1, 0.15) is 51.5 Å². The largest absolute Gasteiger partial charge is 0.464 e. The van der Waals surface area contributed by atoms with Crippen molar-refractivity contribution < 1.29 is 22.7 Å². The standard InChI is InChI=1S/C22H27F2NO3/c1-21(2,3)28-20(26)25-12-22(13-25)10-14(11-22)8-17(19(23)24)15-4-5-18-16(9-15)6-7-27-18/h4-7,9,14,17,19H,8,10-13H2,1-3H3. The molecule has 1 unspecified atom stereocenters. The van der Waals surface area contributed by atoms with E-state index in [1.54, 1.807) is 29.4 Å². The molecule has 2 fully saturated rings. The molecular weight excluding hydrogens is 364 g/mol. The van der Waals surface area contributed by atoms with E-state index in [1.165, 1.54) is 0 Å². The Balaban J connectivity index is 1.32. The highest BCUT2D eigenvalue weighted by atomic mass is 19.3. The second kappa shape index (κ2) is 6.75. The number of halogens is 2. The van der Waals surface area contributed by atoms with Crippen LogP contribution in [0.4, 0.5) is 13.6 Å². The molecular formula is C22H27F2NO3. The minimum Gasteiger partial charge on any atom is -0.464 e. The third kappa shape index (κ3) is 3.74. The van der Waals surface area contributed by atoms with Gasteiger partial charge < -0.3 is 14.1 Å². The summed E-state index contributed by atoms with van der Waals surface area (Å²) in [6.07, 6.45) is 1.21. The molecule has 4 rings (SSSR count). The molecule has 1 aliphatic heterocycles. The molecule has 0 radical (unpaired) electrons. The van der Waals surface area contributed by atoms with Crippen LogP contribution in [0.3, 0.4) is 0 Å². The lowest BCUT2D eigenvalue weighted by Crippen LogP contribution is -2.64. The summed E-state index contributed by atoms with van der Waals surface area (Å²) < 4.78 is 38.2. The van der Waals surface area contributed by atoms with Gasteiger partial charge in [0.2, 0.25) is 6.43 Å². The highest BCUT2D eigenvalue weighted by Crippen LogP contribution is 2.55. The van der Waals surface area contributed by atoms with Crippen molar-refractivity contribution in [2.45, 2.75) is 58.0 Å². The smallest absolute Gasteiger partial charge is 0.410 e. The summed E-state index contributed by atoms with van der Waals surface area (Å²) in [5, 5.41) is 0.861. The Bertz CT molecular complexity index is 856. The van der Waals surface area contributed by atoms with Crippen molar-refractivity contribution in [1.82, 2.24) is 4.90 Å². The van der Waals surface area contributed by atoms with E-state index in [2.05, 4.69) is 0 Å². The first kappa shape index (κ1) is 19.2. The second-order valence-electron chi connectivity index (χ2n) is 9.51. The number of hydrogen-bond acceptors (Lipinski definition) is 3. The number of benzene rings is 1. The monoisotopic (exact) mass is 391 g/mol. The third-order valence-electron chi connectivity index (χ3n) is 5.94. The average molecular weight is 391 g/mol. The van der Waals surface area contributed by atoms with E-state index in [9.17, 15) is 13.6 Å². The summed E-state index contributed by atoms with van der Waals surface area (Å²) in [5.41, 5.74) is 1.01. The van der Waals surface area contributed by atoms with Gasteiger partial charge in [0.15, 0.2) is 0 Å². The first-order chi connectivity index (χ1) is 13.1. The van der Waals surface area contributed by atoms with E-state index in [-0.39, 0.29) is 17.4 Å². The van der Waals surface area contributed by atoms with Crippen molar-refractivity contribution in [2.75, 3.05) is 13.1 Å². The molecule has 152 valence electrons. The van der Waals surface area contributed by atoms with Crippen LogP contribution in [0, 0.1) is 11.3 Å². The fourth-order valence-corrected chi connectivity index (χ4v) is 4.77. The van der Waals surface area contributed by atoms with Gasteiger partial charge in [-0.2, -0.15) is 0 Å². The Kier molecular flexibility index (Phi) is 4.63. The van der Waals surface area contributed by atoms with Gasteiger partial charge in [-0.25, -0.2) is 13.6 Å². The minimum atomic E-state index is -2.39. The van der Waals surface area contributed by atoms with Gasteiger partial charge in [-0.1, -0.05) is 6.07 Å². The van der Waals surface area contributed by atoms with Crippen LogP contribution in [0.2, 0.25) is 0 Å². The van der Waals surface area contributed by atoms with Crippen LogP contribution >= 0.6 is 0 Å². The molecule has 1 amide bonds. The molecule has 1 aliphatic carbocycles. The molecule has 28 heavy (non-hydrogen) atoms. The summed E-state index contributed by atoms with van der Waals surface area (Å²) in [6.45, 7) is 6.92. The highest BCUT2D eigenvalue weighted by molar-refractivity contribution is 5.77. The number of ether oxygens (including phenoxy) is 1. The van der Waals surface area contributed by atoms with Crippen LogP contribution in [0.5, 0.6) is 0 Å². The quantitative estimate of drug-likeness (QED) is 0.660. The molecule has 1 atom stereocenters. The molecule has 6 heteroatoms. The SMILES string of the molecule is CC(C)(C)OC(=O)N1CC2(CC(CC(c3ccc4occc4c3)C(F)F)C2)C1. The van der Waals surface area contributed by atoms with Crippen LogP contribution in [-0.4, -0.2) is 36.1 Å². The molecule has 1 spiro atoms. The molecule has 1 aromatic heterocycles. The lowest BCUT2D eigenvalue weighted by Gasteiger charge is -2.59. The maximum Gasteiger partial charge on any atom is 0.410 e. The number of alkyl halides is 2. The lowest BCUT2D eigenvalue weighted by molar-refractivity contribution is -0.100. The van der Waals surface area contributed by atoms with E-state index in [0.717, 1.165) is 23.8 Å². The topological polar surface area (TPSA) is 42.7 Å². The van der Waals surface area contributed by atoms with E-state index >= 15 is 0 Å². The Morgan fingerprint density at radius 3 is 2.64 bits per heavy atom. The number of amides is 1. The van der Waals surface area contributed by atoms with Gasteiger partial charge in [-0.3, -0.25) is 0 Å². The Hall–Kier alpha value is -2.11. The van der Waals surface area contributed by atoms with Crippen molar-refractivity contribution >= 4 is 17.1 Å². The number of furan rings is 1. The predicted molar refractivity (Wildman–Crippen MR) is 103 cm³/mol. The number of carbonyl (C=O) groups excluding carboxylic acids is 1. The number of rotatable bonds is 4. The van der Waals surface area contributed by atoms with Crippen molar-refractivity contribution in [2.24, 2.45) is 11.3 Å². The van der Waals surface area contributed by atoms with Gasteiger partial charge in [0.25, 0.3) is 0 Å². The molecule has 2 aliphatic rings. The van der Waals surface area contributed by atoms with Gasteiger partial charge in [-0.05, 0) is 69.7 Å². The first-order valence-corrected chi connectivity index (χ1v) is 9.87. The fraction of sp³-hybridized carbons (Fsp3) is 0.591. The normalized spacial score (nSPS) is 20.3. The first-order valence-electron chi connectivity index (χ1n) is 9.87. The van der Waals surface area contributed by atoms with E-state index in [4.69, 9.17) is 9.15 Å². The van der Waals surface area contributed by atoms with Crippen LogP contribution in [0.25, 0.3) is 11.0 Å². The summed E-state index contributed by atoms with van der Waals surface area (Å²) in [5.74, 6) is -0.483. The summed E-state index contributed by atoms with van der Waals surface area (Å²) in [6, 6.07) is 7.15. The number of hydrogen-bond donors (Lipinski definition) is 0. The molecule has 0 bridgehead atoms. The molecule has 0 N–H and O–H groups in total.